The summed E-state index contributed by atoms with van der Waals surface area (Å²) >= 11 is 1.31. The predicted octanol–water partition coefficient (Wildman–Crippen LogP) is 2.80. The van der Waals surface area contributed by atoms with Crippen LogP contribution < -0.4 is 16.4 Å². The van der Waals surface area contributed by atoms with Crippen LogP contribution in [0, 0.1) is 11.7 Å². The number of primary amides is 1. The minimum absolute atomic E-state index is 0.200. The molecule has 10 heteroatoms. The Labute approximate surface area is 194 Å². The molecule has 3 rings (SSSR count). The molecule has 1 aliphatic carbocycles. The first kappa shape index (κ1) is 24.4. The smallest absolute Gasteiger partial charge is 0.329 e. The second-order valence-electron chi connectivity index (χ2n) is 8.11. The Balaban J connectivity index is 1.62. The number of aryl methyl sites for hydroxylation is 1. The maximum atomic E-state index is 13.9. The molecule has 33 heavy (non-hydrogen) atoms. The highest BCUT2D eigenvalue weighted by Crippen LogP contribution is 2.37. The Morgan fingerprint density at radius 1 is 1.15 bits per heavy atom. The summed E-state index contributed by atoms with van der Waals surface area (Å²) in [4.78, 5) is 50.3. The second kappa shape index (κ2) is 10.6. The third-order valence-electron chi connectivity index (χ3n) is 5.34. The van der Waals surface area contributed by atoms with Crippen molar-refractivity contribution in [3.05, 3.63) is 51.7 Å². The number of thiophene rings is 1. The van der Waals surface area contributed by atoms with Crippen molar-refractivity contribution in [2.24, 2.45) is 11.7 Å². The average Bonchev–Trinajstić information content (AvgIpc) is 3.13. The van der Waals surface area contributed by atoms with Gasteiger partial charge in [-0.1, -0.05) is 26.0 Å². The molecule has 0 spiro atoms. The van der Waals surface area contributed by atoms with E-state index in [4.69, 9.17) is 10.5 Å². The van der Waals surface area contributed by atoms with Crippen LogP contribution >= 0.6 is 11.3 Å². The van der Waals surface area contributed by atoms with E-state index in [1.165, 1.54) is 29.5 Å². The number of hydrogen-bond acceptors (Lipinski definition) is 6. The largest absolute Gasteiger partial charge is 0.454 e. The van der Waals surface area contributed by atoms with E-state index in [2.05, 4.69) is 10.6 Å². The molecule has 3 amide bonds. The van der Waals surface area contributed by atoms with E-state index >= 15 is 0 Å². The number of nitrogens with two attached hydrogens (primary N) is 1. The Hall–Kier alpha value is -3.27. The summed E-state index contributed by atoms with van der Waals surface area (Å²) in [5, 5.41) is 5.42. The van der Waals surface area contributed by atoms with Gasteiger partial charge in [0.15, 0.2) is 6.61 Å². The normalized spacial score (nSPS) is 13.7. The van der Waals surface area contributed by atoms with Gasteiger partial charge in [0.05, 0.1) is 11.1 Å². The number of fused-ring (bicyclic) bond motifs is 1. The number of rotatable bonds is 8. The van der Waals surface area contributed by atoms with Gasteiger partial charge in [0.2, 0.25) is 0 Å². The zero-order valence-corrected chi connectivity index (χ0v) is 19.2. The number of amides is 3. The van der Waals surface area contributed by atoms with Crippen LogP contribution in [0.15, 0.2) is 24.3 Å². The molecule has 0 saturated carbocycles. The van der Waals surface area contributed by atoms with Crippen molar-refractivity contribution in [1.29, 1.82) is 0 Å². The van der Waals surface area contributed by atoms with E-state index in [1.54, 1.807) is 13.8 Å². The number of ether oxygens (including phenoxy) is 1. The number of halogens is 1. The Morgan fingerprint density at radius 3 is 2.52 bits per heavy atom. The molecule has 0 aliphatic heterocycles. The lowest BCUT2D eigenvalue weighted by molar-refractivity contribution is -0.150. The highest BCUT2D eigenvalue weighted by atomic mass is 32.1. The number of carbonyl (C=O) groups excluding carboxylic acids is 4. The maximum Gasteiger partial charge on any atom is 0.329 e. The van der Waals surface area contributed by atoms with E-state index in [0.717, 1.165) is 42.2 Å². The minimum atomic E-state index is -1.08. The lowest BCUT2D eigenvalue weighted by Crippen LogP contribution is -2.46. The molecule has 8 nitrogen and oxygen atoms in total. The zero-order chi connectivity index (χ0) is 24.1. The van der Waals surface area contributed by atoms with Gasteiger partial charge in [-0.15, -0.1) is 11.3 Å². The van der Waals surface area contributed by atoms with Crippen molar-refractivity contribution in [3.8, 4) is 0 Å². The monoisotopic (exact) mass is 475 g/mol. The van der Waals surface area contributed by atoms with Crippen LogP contribution in [0.5, 0.6) is 0 Å². The highest BCUT2D eigenvalue weighted by molar-refractivity contribution is 7.17. The molecule has 0 radical (unpaired) electrons. The van der Waals surface area contributed by atoms with Gasteiger partial charge in [-0.3, -0.25) is 14.4 Å². The molecular formula is C23H26FN3O5S. The van der Waals surface area contributed by atoms with E-state index in [9.17, 15) is 23.6 Å². The van der Waals surface area contributed by atoms with Crippen LogP contribution in [0.1, 0.15) is 57.8 Å². The summed E-state index contributed by atoms with van der Waals surface area (Å²) < 4.78 is 19.0. The van der Waals surface area contributed by atoms with E-state index in [-0.39, 0.29) is 11.5 Å². The number of carbonyl (C=O) groups is 4. The number of nitrogens with one attached hydrogen (secondary N) is 2. The Bertz CT molecular complexity index is 1080. The van der Waals surface area contributed by atoms with Crippen molar-refractivity contribution < 1.29 is 28.3 Å². The Kier molecular flexibility index (Phi) is 7.80. The van der Waals surface area contributed by atoms with E-state index in [1.807, 2.05) is 0 Å². The summed E-state index contributed by atoms with van der Waals surface area (Å²) in [6.07, 6.45) is 3.51. The van der Waals surface area contributed by atoms with Gasteiger partial charge in [0.1, 0.15) is 16.9 Å². The molecule has 1 heterocycles. The average molecular weight is 476 g/mol. The number of anilines is 1. The first-order valence-corrected chi connectivity index (χ1v) is 11.5. The standard InChI is InChI=1S/C23H26FN3O5S/c1-12(2)19(27-21(30)13-7-3-5-9-15(13)24)23(31)32-11-17(28)26-22-18(20(25)29)14-8-4-6-10-16(14)33-22/h3,5,7,9,12,19H,4,6,8,10-11H2,1-2H3,(H2,25,29)(H,26,28)(H,27,30). The SMILES string of the molecule is CC(C)C(NC(=O)c1ccccc1F)C(=O)OCC(=O)Nc1sc2c(c1C(N)=O)CCCC2. The zero-order valence-electron chi connectivity index (χ0n) is 18.4. The lowest BCUT2D eigenvalue weighted by Gasteiger charge is -2.21. The second-order valence-corrected chi connectivity index (χ2v) is 9.22. The van der Waals surface area contributed by atoms with Crippen LogP contribution in [-0.4, -0.2) is 36.3 Å². The topological polar surface area (TPSA) is 128 Å². The molecule has 1 aliphatic rings. The van der Waals surface area contributed by atoms with Crippen molar-refractivity contribution in [3.63, 3.8) is 0 Å². The molecule has 4 N–H and O–H groups in total. The molecular weight excluding hydrogens is 449 g/mol. The Morgan fingerprint density at radius 2 is 1.85 bits per heavy atom. The van der Waals surface area contributed by atoms with Gasteiger partial charge in [-0.2, -0.15) is 0 Å². The fraction of sp³-hybridized carbons (Fsp3) is 0.391. The van der Waals surface area contributed by atoms with Gasteiger partial charge >= 0.3 is 5.97 Å². The van der Waals surface area contributed by atoms with E-state index in [0.29, 0.717) is 10.6 Å². The van der Waals surface area contributed by atoms with Gasteiger partial charge in [0.25, 0.3) is 17.7 Å². The molecule has 1 aromatic carbocycles. The summed E-state index contributed by atoms with van der Waals surface area (Å²) in [6, 6.07) is 4.32. The molecule has 1 atom stereocenters. The number of esters is 1. The van der Waals surface area contributed by atoms with Crippen molar-refractivity contribution in [2.75, 3.05) is 11.9 Å². The van der Waals surface area contributed by atoms with Crippen LogP contribution in [0.25, 0.3) is 0 Å². The molecule has 176 valence electrons. The van der Waals surface area contributed by atoms with Gasteiger partial charge in [-0.25, -0.2) is 9.18 Å². The summed E-state index contributed by atoms with van der Waals surface area (Å²) in [5.74, 6) is -3.92. The van der Waals surface area contributed by atoms with E-state index < -0.39 is 42.2 Å². The molecule has 0 bridgehead atoms. The maximum absolute atomic E-state index is 13.9. The first-order chi connectivity index (χ1) is 15.7. The third-order valence-corrected chi connectivity index (χ3v) is 6.55. The lowest BCUT2D eigenvalue weighted by atomic mass is 9.95. The van der Waals surface area contributed by atoms with Crippen LogP contribution in [0.2, 0.25) is 0 Å². The fourth-order valence-electron chi connectivity index (χ4n) is 3.67. The number of benzene rings is 1. The predicted molar refractivity (Wildman–Crippen MR) is 122 cm³/mol. The van der Waals surface area contributed by atoms with Crippen molar-refractivity contribution in [2.45, 2.75) is 45.6 Å². The minimum Gasteiger partial charge on any atom is -0.454 e. The van der Waals surface area contributed by atoms with Gasteiger partial charge < -0.3 is 21.1 Å². The first-order valence-electron chi connectivity index (χ1n) is 10.6. The molecule has 0 saturated heterocycles. The molecule has 0 fully saturated rings. The molecule has 1 unspecified atom stereocenters. The quantitative estimate of drug-likeness (QED) is 0.506. The fourth-order valence-corrected chi connectivity index (χ4v) is 4.98. The van der Waals surface area contributed by atoms with Crippen molar-refractivity contribution in [1.82, 2.24) is 5.32 Å². The van der Waals surface area contributed by atoms with Crippen LogP contribution in [0.3, 0.4) is 0 Å². The molecule has 2 aromatic rings. The highest BCUT2D eigenvalue weighted by Gasteiger charge is 2.29. The third kappa shape index (κ3) is 5.75. The summed E-state index contributed by atoms with van der Waals surface area (Å²) in [6.45, 7) is 2.75. The van der Waals surface area contributed by atoms with Crippen LogP contribution in [-0.2, 0) is 27.2 Å². The van der Waals surface area contributed by atoms with Crippen LogP contribution in [0.4, 0.5) is 9.39 Å². The van der Waals surface area contributed by atoms with Gasteiger partial charge in [0, 0.05) is 4.88 Å². The molecule has 1 aromatic heterocycles. The van der Waals surface area contributed by atoms with Gasteiger partial charge in [-0.05, 0) is 49.3 Å². The summed E-state index contributed by atoms with van der Waals surface area (Å²) in [5.41, 5.74) is 6.51. The number of hydrogen-bond donors (Lipinski definition) is 3. The summed E-state index contributed by atoms with van der Waals surface area (Å²) in [7, 11) is 0. The van der Waals surface area contributed by atoms with Crippen molar-refractivity contribution >= 4 is 40.0 Å².